The molecule has 0 radical (unpaired) electrons. The third-order valence-electron chi connectivity index (χ3n) is 6.53. The summed E-state index contributed by atoms with van der Waals surface area (Å²) in [4.78, 5) is 42.5. The summed E-state index contributed by atoms with van der Waals surface area (Å²) in [5, 5.41) is 0.527. The van der Waals surface area contributed by atoms with Crippen LogP contribution in [-0.2, 0) is 14.4 Å². The van der Waals surface area contributed by atoms with Gasteiger partial charge in [-0.05, 0) is 49.8 Å². The highest BCUT2D eigenvalue weighted by molar-refractivity contribution is 6.30. The Labute approximate surface area is 170 Å². The van der Waals surface area contributed by atoms with E-state index in [1.54, 1.807) is 23.1 Å². The van der Waals surface area contributed by atoms with Gasteiger partial charge in [0.1, 0.15) is 0 Å². The Balaban J connectivity index is 1.69. The van der Waals surface area contributed by atoms with Crippen molar-refractivity contribution >= 4 is 29.3 Å². The van der Waals surface area contributed by atoms with Crippen molar-refractivity contribution in [2.45, 2.75) is 32.7 Å². The summed E-state index contributed by atoms with van der Waals surface area (Å²) < 4.78 is 0. The quantitative estimate of drug-likeness (QED) is 0.543. The van der Waals surface area contributed by atoms with Crippen LogP contribution < -0.4 is 0 Å². The Bertz CT molecular complexity index is 818. The minimum Gasteiger partial charge on any atom is -0.343 e. The fourth-order valence-electron chi connectivity index (χ4n) is 5.18. The lowest BCUT2D eigenvalue weighted by Gasteiger charge is -2.30. The molecule has 148 valence electrons. The van der Waals surface area contributed by atoms with Gasteiger partial charge in [0.15, 0.2) is 0 Å². The van der Waals surface area contributed by atoms with E-state index in [4.69, 9.17) is 11.6 Å². The number of likely N-dealkylation sites (tertiary alicyclic amines) is 1. The van der Waals surface area contributed by atoms with E-state index in [1.807, 2.05) is 19.9 Å². The van der Waals surface area contributed by atoms with Crippen LogP contribution in [0.3, 0.4) is 0 Å². The van der Waals surface area contributed by atoms with Crippen molar-refractivity contribution in [3.63, 3.8) is 0 Å². The molecule has 1 aliphatic heterocycles. The molecule has 1 saturated carbocycles. The van der Waals surface area contributed by atoms with Gasteiger partial charge in [0.05, 0.1) is 24.3 Å². The smallest absolute Gasteiger partial charge is 0.234 e. The molecule has 1 heterocycles. The molecule has 3 amide bonds. The average Bonchev–Trinajstić information content (AvgIpc) is 3.35. The number of carbonyl (C=O) groups excluding carboxylic acids is 3. The zero-order valence-electron chi connectivity index (χ0n) is 16.2. The van der Waals surface area contributed by atoms with Crippen molar-refractivity contribution in [3.05, 3.63) is 47.0 Å². The van der Waals surface area contributed by atoms with Crippen LogP contribution in [0.15, 0.2) is 36.4 Å². The Morgan fingerprint density at radius 1 is 1.14 bits per heavy atom. The van der Waals surface area contributed by atoms with Gasteiger partial charge in [-0.25, -0.2) is 0 Å². The van der Waals surface area contributed by atoms with Crippen molar-refractivity contribution in [2.24, 2.45) is 23.7 Å². The van der Waals surface area contributed by atoms with Crippen LogP contribution in [0.4, 0.5) is 0 Å². The predicted octanol–water partition coefficient (Wildman–Crippen LogP) is 3.45. The Morgan fingerprint density at radius 2 is 1.75 bits per heavy atom. The van der Waals surface area contributed by atoms with Gasteiger partial charge < -0.3 is 4.90 Å². The number of rotatable bonds is 6. The fraction of sp³-hybridized carbons (Fsp3) is 0.500. The van der Waals surface area contributed by atoms with Crippen molar-refractivity contribution in [3.8, 4) is 0 Å². The molecular weight excluding hydrogens is 376 g/mol. The van der Waals surface area contributed by atoms with Gasteiger partial charge in [-0.15, -0.1) is 0 Å². The number of allylic oxidation sites excluding steroid dienone is 2. The summed E-state index contributed by atoms with van der Waals surface area (Å²) in [6.07, 6.45) is 5.13. The molecule has 1 aromatic carbocycles. The zero-order valence-corrected chi connectivity index (χ0v) is 16.9. The number of nitrogens with zero attached hydrogens (tertiary/aromatic N) is 2. The van der Waals surface area contributed by atoms with E-state index in [2.05, 4.69) is 12.2 Å². The molecule has 1 aromatic rings. The number of halogens is 1. The molecule has 28 heavy (non-hydrogen) atoms. The number of imide groups is 1. The van der Waals surface area contributed by atoms with Crippen molar-refractivity contribution in [1.29, 1.82) is 0 Å². The molecule has 5 unspecified atom stereocenters. The maximum atomic E-state index is 13.3. The highest BCUT2D eigenvalue weighted by Gasteiger charge is 2.60. The van der Waals surface area contributed by atoms with E-state index in [-0.39, 0.29) is 47.8 Å². The first-order chi connectivity index (χ1) is 13.5. The molecule has 0 spiro atoms. The molecule has 1 saturated heterocycles. The molecule has 0 N–H and O–H groups in total. The second-order valence-electron chi connectivity index (χ2n) is 7.89. The van der Waals surface area contributed by atoms with Crippen LogP contribution in [0.25, 0.3) is 0 Å². The van der Waals surface area contributed by atoms with E-state index < -0.39 is 6.04 Å². The van der Waals surface area contributed by atoms with Gasteiger partial charge in [0.25, 0.3) is 0 Å². The standard InChI is InChI=1S/C22H25ClN2O3/c1-3-24(4-2)18(26)12-17(13-6-5-7-16(23)11-13)25-21(27)19-14-8-9-15(10-14)20(19)22(25)28/h5-9,11,14-15,17,19-20H,3-4,10,12H2,1-2H3. The number of benzene rings is 1. The largest absolute Gasteiger partial charge is 0.343 e. The third kappa shape index (κ3) is 2.96. The van der Waals surface area contributed by atoms with Crippen molar-refractivity contribution in [2.75, 3.05) is 13.1 Å². The molecule has 0 aromatic heterocycles. The van der Waals surface area contributed by atoms with Gasteiger partial charge in [-0.1, -0.05) is 35.9 Å². The van der Waals surface area contributed by atoms with Crippen LogP contribution >= 0.6 is 11.6 Å². The topological polar surface area (TPSA) is 57.7 Å². The lowest BCUT2D eigenvalue weighted by atomic mass is 9.85. The van der Waals surface area contributed by atoms with Gasteiger partial charge in [-0.3, -0.25) is 19.3 Å². The molecule has 6 heteroatoms. The maximum absolute atomic E-state index is 13.3. The summed E-state index contributed by atoms with van der Waals surface area (Å²) >= 11 is 6.18. The van der Waals surface area contributed by atoms with Gasteiger partial charge >= 0.3 is 0 Å². The highest BCUT2D eigenvalue weighted by Crippen LogP contribution is 2.54. The minimum atomic E-state index is -0.614. The van der Waals surface area contributed by atoms with Crippen LogP contribution in [0.1, 0.15) is 38.3 Å². The monoisotopic (exact) mass is 400 g/mol. The van der Waals surface area contributed by atoms with Crippen LogP contribution in [-0.4, -0.2) is 40.6 Å². The third-order valence-corrected chi connectivity index (χ3v) is 6.77. The van der Waals surface area contributed by atoms with E-state index in [9.17, 15) is 14.4 Å². The van der Waals surface area contributed by atoms with E-state index in [0.29, 0.717) is 18.1 Å². The predicted molar refractivity (Wildman–Crippen MR) is 106 cm³/mol. The average molecular weight is 401 g/mol. The first kappa shape index (κ1) is 19.2. The normalized spacial score (nSPS) is 28.8. The number of hydrogen-bond acceptors (Lipinski definition) is 3. The maximum Gasteiger partial charge on any atom is 0.234 e. The first-order valence-corrected chi connectivity index (χ1v) is 10.4. The minimum absolute atomic E-state index is 0.0614. The second kappa shape index (κ2) is 7.36. The van der Waals surface area contributed by atoms with Crippen LogP contribution in [0.5, 0.6) is 0 Å². The van der Waals surface area contributed by atoms with Crippen molar-refractivity contribution < 1.29 is 14.4 Å². The lowest BCUT2D eigenvalue weighted by molar-refractivity contribution is -0.145. The number of hydrogen-bond donors (Lipinski definition) is 0. The lowest BCUT2D eigenvalue weighted by Crippen LogP contribution is -2.40. The first-order valence-electron chi connectivity index (χ1n) is 10.0. The van der Waals surface area contributed by atoms with E-state index in [1.165, 1.54) is 4.90 Å². The molecule has 3 aliphatic rings. The van der Waals surface area contributed by atoms with Gasteiger partial charge in [0, 0.05) is 18.1 Å². The zero-order chi connectivity index (χ0) is 20.0. The van der Waals surface area contributed by atoms with Crippen LogP contribution in [0.2, 0.25) is 5.02 Å². The highest BCUT2D eigenvalue weighted by atomic mass is 35.5. The summed E-state index contributed by atoms with van der Waals surface area (Å²) in [6.45, 7) is 5.04. The summed E-state index contributed by atoms with van der Waals surface area (Å²) in [6, 6.07) is 6.53. The summed E-state index contributed by atoms with van der Waals surface area (Å²) in [5.74, 6) is -0.576. The molecule has 5 atom stereocenters. The fourth-order valence-corrected chi connectivity index (χ4v) is 5.37. The van der Waals surface area contributed by atoms with E-state index in [0.717, 1.165) is 12.0 Å². The van der Waals surface area contributed by atoms with E-state index >= 15 is 0 Å². The molecule has 5 nitrogen and oxygen atoms in total. The molecular formula is C22H25ClN2O3. The van der Waals surface area contributed by atoms with Crippen molar-refractivity contribution in [1.82, 2.24) is 9.80 Å². The second-order valence-corrected chi connectivity index (χ2v) is 8.32. The Kier molecular flexibility index (Phi) is 5.04. The van der Waals surface area contributed by atoms with Gasteiger partial charge in [-0.2, -0.15) is 0 Å². The number of amides is 3. The van der Waals surface area contributed by atoms with Crippen LogP contribution in [0, 0.1) is 23.7 Å². The molecule has 2 aliphatic carbocycles. The molecule has 4 rings (SSSR count). The van der Waals surface area contributed by atoms with Gasteiger partial charge in [0.2, 0.25) is 17.7 Å². The number of fused-ring (bicyclic) bond motifs is 5. The molecule has 2 fully saturated rings. The SMILES string of the molecule is CCN(CC)C(=O)CC(c1cccc(Cl)c1)N1C(=O)C2C3C=CC(C3)C2C1=O. The molecule has 2 bridgehead atoms. The summed E-state index contributed by atoms with van der Waals surface area (Å²) in [7, 11) is 0. The number of carbonyl (C=O) groups is 3. The Hall–Kier alpha value is -2.14. The summed E-state index contributed by atoms with van der Waals surface area (Å²) in [5.41, 5.74) is 0.731. The Morgan fingerprint density at radius 3 is 2.29 bits per heavy atom.